The lowest BCUT2D eigenvalue weighted by atomic mass is 10.1. The summed E-state index contributed by atoms with van der Waals surface area (Å²) in [5.41, 5.74) is 2.26. The number of hydrogen-bond donors (Lipinski definition) is 1. The van der Waals surface area contributed by atoms with Crippen molar-refractivity contribution in [2.45, 2.75) is 58.7 Å². The molecule has 1 aromatic carbocycles. The molecule has 0 spiro atoms. The molecule has 0 saturated carbocycles. The zero-order valence-electron chi connectivity index (χ0n) is 13.8. The van der Waals surface area contributed by atoms with Gasteiger partial charge in [0.2, 0.25) is 0 Å². The third-order valence-electron chi connectivity index (χ3n) is 4.17. The van der Waals surface area contributed by atoms with E-state index in [1.165, 1.54) is 5.56 Å². The van der Waals surface area contributed by atoms with E-state index in [4.69, 9.17) is 4.74 Å². The third kappa shape index (κ3) is 4.99. The van der Waals surface area contributed by atoms with E-state index < -0.39 is 9.84 Å². The van der Waals surface area contributed by atoms with E-state index in [-0.39, 0.29) is 17.9 Å². The van der Waals surface area contributed by atoms with Gasteiger partial charge in [0.15, 0.2) is 9.84 Å². The quantitative estimate of drug-likeness (QED) is 0.874. The monoisotopic (exact) mass is 325 g/mol. The second-order valence-corrected chi connectivity index (χ2v) is 8.51. The Kier molecular flexibility index (Phi) is 5.87. The van der Waals surface area contributed by atoms with Crippen LogP contribution in [0.3, 0.4) is 0 Å². The fourth-order valence-corrected chi connectivity index (χ4v) is 4.33. The highest BCUT2D eigenvalue weighted by Crippen LogP contribution is 2.23. The molecule has 1 fully saturated rings. The van der Waals surface area contributed by atoms with E-state index in [9.17, 15) is 8.42 Å². The molecule has 1 aromatic rings. The van der Waals surface area contributed by atoms with Crippen molar-refractivity contribution < 1.29 is 13.2 Å². The minimum atomic E-state index is -2.87. The highest BCUT2D eigenvalue weighted by atomic mass is 32.2. The van der Waals surface area contributed by atoms with Crippen LogP contribution in [0.5, 0.6) is 5.75 Å². The highest BCUT2D eigenvalue weighted by molar-refractivity contribution is 7.91. The van der Waals surface area contributed by atoms with Crippen LogP contribution in [-0.4, -0.2) is 32.1 Å². The summed E-state index contributed by atoms with van der Waals surface area (Å²) >= 11 is 0. The van der Waals surface area contributed by atoms with Crippen molar-refractivity contribution in [2.24, 2.45) is 0 Å². The Balaban J connectivity index is 2.02. The molecule has 2 atom stereocenters. The third-order valence-corrected chi connectivity index (χ3v) is 5.99. The summed E-state index contributed by atoms with van der Waals surface area (Å²) in [7, 11) is -2.87. The lowest BCUT2D eigenvalue weighted by molar-refractivity contribution is 0.214. The van der Waals surface area contributed by atoms with Gasteiger partial charge in [0.1, 0.15) is 5.75 Å². The Hall–Kier alpha value is -1.07. The topological polar surface area (TPSA) is 55.4 Å². The summed E-state index contributed by atoms with van der Waals surface area (Å²) in [6.45, 7) is 6.86. The number of aryl methyl sites for hydroxylation is 1. The van der Waals surface area contributed by atoms with Gasteiger partial charge in [0.25, 0.3) is 0 Å². The number of sulfone groups is 1. The fourth-order valence-electron chi connectivity index (χ4n) is 2.66. The molecule has 0 radical (unpaired) electrons. The van der Waals surface area contributed by atoms with Gasteiger partial charge in [0.05, 0.1) is 17.6 Å². The van der Waals surface area contributed by atoms with Crippen molar-refractivity contribution in [3.63, 3.8) is 0 Å². The van der Waals surface area contributed by atoms with Crippen LogP contribution in [0.1, 0.15) is 44.2 Å². The minimum absolute atomic E-state index is 0.0523. The maximum absolute atomic E-state index is 11.7. The predicted molar refractivity (Wildman–Crippen MR) is 90.1 cm³/mol. The van der Waals surface area contributed by atoms with E-state index in [1.54, 1.807) is 0 Å². The Morgan fingerprint density at radius 1 is 1.41 bits per heavy atom. The van der Waals surface area contributed by atoms with Crippen molar-refractivity contribution in [3.8, 4) is 5.75 Å². The Morgan fingerprint density at radius 3 is 2.86 bits per heavy atom. The van der Waals surface area contributed by atoms with Gasteiger partial charge in [-0.15, -0.1) is 0 Å². The normalized spacial score (nSPS) is 22.2. The van der Waals surface area contributed by atoms with Gasteiger partial charge in [-0.2, -0.15) is 0 Å². The molecule has 0 amide bonds. The van der Waals surface area contributed by atoms with Crippen molar-refractivity contribution in [1.29, 1.82) is 0 Å². The number of nitrogens with one attached hydrogen (secondary N) is 1. The second kappa shape index (κ2) is 7.47. The molecule has 1 aliphatic heterocycles. The van der Waals surface area contributed by atoms with Gasteiger partial charge < -0.3 is 10.1 Å². The molecule has 2 rings (SSSR count). The molecule has 22 heavy (non-hydrogen) atoms. The molecule has 1 aliphatic rings. The van der Waals surface area contributed by atoms with E-state index in [0.717, 1.165) is 30.6 Å². The molecule has 0 aromatic heterocycles. The zero-order chi connectivity index (χ0) is 16.2. The van der Waals surface area contributed by atoms with Gasteiger partial charge in [-0.1, -0.05) is 19.1 Å². The molecule has 0 bridgehead atoms. The lowest BCUT2D eigenvalue weighted by Gasteiger charge is -2.24. The average molecular weight is 325 g/mol. The van der Waals surface area contributed by atoms with Gasteiger partial charge >= 0.3 is 0 Å². The molecule has 124 valence electrons. The summed E-state index contributed by atoms with van der Waals surface area (Å²) in [5, 5.41) is 3.39. The largest absolute Gasteiger partial charge is 0.490 e. The summed E-state index contributed by atoms with van der Waals surface area (Å²) in [5.74, 6) is 1.49. The van der Waals surface area contributed by atoms with Gasteiger partial charge in [-0.3, -0.25) is 0 Å². The number of ether oxygens (including phenoxy) is 1. The van der Waals surface area contributed by atoms with Gasteiger partial charge in [-0.25, -0.2) is 8.42 Å². The van der Waals surface area contributed by atoms with Crippen LogP contribution in [0.4, 0.5) is 0 Å². The highest BCUT2D eigenvalue weighted by Gasteiger charge is 2.24. The van der Waals surface area contributed by atoms with Crippen LogP contribution in [0, 0.1) is 6.92 Å². The molecule has 1 saturated heterocycles. The van der Waals surface area contributed by atoms with Crippen molar-refractivity contribution >= 4 is 9.84 Å². The standard InChI is InChI=1S/C17H27NO3S/c1-4-14(3)21-17-10-13(2)7-8-15(17)11-18-16-6-5-9-22(19,20)12-16/h7-8,10,14,16,18H,4-6,9,11-12H2,1-3H3/t14-,16-/m0/s1. The van der Waals surface area contributed by atoms with E-state index in [0.29, 0.717) is 12.3 Å². The smallest absolute Gasteiger partial charge is 0.151 e. The van der Waals surface area contributed by atoms with Crippen LogP contribution in [0.2, 0.25) is 0 Å². The summed E-state index contributed by atoms with van der Waals surface area (Å²) in [6.07, 6.45) is 2.81. The minimum Gasteiger partial charge on any atom is -0.490 e. The Morgan fingerprint density at radius 2 is 2.18 bits per heavy atom. The Labute approximate surface area is 134 Å². The van der Waals surface area contributed by atoms with Crippen LogP contribution >= 0.6 is 0 Å². The first-order valence-corrected chi connectivity index (χ1v) is 9.91. The predicted octanol–water partition coefficient (Wildman–Crippen LogP) is 2.84. The first-order chi connectivity index (χ1) is 10.4. The van der Waals surface area contributed by atoms with Crippen molar-refractivity contribution in [3.05, 3.63) is 29.3 Å². The number of rotatable bonds is 6. The summed E-state index contributed by atoms with van der Waals surface area (Å²) in [6, 6.07) is 6.24. The molecular weight excluding hydrogens is 298 g/mol. The molecule has 5 heteroatoms. The molecule has 1 N–H and O–H groups in total. The Bertz CT molecular complexity index is 598. The second-order valence-electron chi connectivity index (χ2n) is 6.28. The zero-order valence-corrected chi connectivity index (χ0v) is 14.6. The molecule has 0 unspecified atom stereocenters. The average Bonchev–Trinajstić information content (AvgIpc) is 2.45. The maximum atomic E-state index is 11.7. The summed E-state index contributed by atoms with van der Waals surface area (Å²) < 4.78 is 29.4. The lowest BCUT2D eigenvalue weighted by Crippen LogP contribution is -2.39. The van der Waals surface area contributed by atoms with E-state index in [1.807, 2.05) is 6.92 Å². The maximum Gasteiger partial charge on any atom is 0.151 e. The molecular formula is C17H27NO3S. The van der Waals surface area contributed by atoms with E-state index in [2.05, 4.69) is 37.4 Å². The first-order valence-electron chi connectivity index (χ1n) is 8.09. The van der Waals surface area contributed by atoms with E-state index >= 15 is 0 Å². The number of benzene rings is 1. The first kappa shape index (κ1) is 17.3. The summed E-state index contributed by atoms with van der Waals surface area (Å²) in [4.78, 5) is 0. The molecule has 4 nitrogen and oxygen atoms in total. The fraction of sp³-hybridized carbons (Fsp3) is 0.647. The van der Waals surface area contributed by atoms with Gasteiger partial charge in [-0.05, 0) is 44.7 Å². The van der Waals surface area contributed by atoms with Crippen LogP contribution in [-0.2, 0) is 16.4 Å². The van der Waals surface area contributed by atoms with Crippen LogP contribution in [0.25, 0.3) is 0 Å². The van der Waals surface area contributed by atoms with Crippen LogP contribution in [0.15, 0.2) is 18.2 Å². The number of hydrogen-bond acceptors (Lipinski definition) is 4. The van der Waals surface area contributed by atoms with Gasteiger partial charge in [0, 0.05) is 18.2 Å². The van der Waals surface area contributed by atoms with Crippen molar-refractivity contribution in [2.75, 3.05) is 11.5 Å². The molecule has 0 aliphatic carbocycles. The SMILES string of the molecule is CC[C@H](C)Oc1cc(C)ccc1CN[C@H]1CCCS(=O)(=O)C1. The van der Waals surface area contributed by atoms with Crippen molar-refractivity contribution in [1.82, 2.24) is 5.32 Å². The van der Waals surface area contributed by atoms with Crippen LogP contribution < -0.4 is 10.1 Å². The molecule has 1 heterocycles.